The number of likely N-dealkylation sites (N-methyl/N-ethyl adjacent to an activating group) is 1. The van der Waals surface area contributed by atoms with Crippen LogP contribution in [0.5, 0.6) is 0 Å². The molecule has 3 fully saturated rings. The van der Waals surface area contributed by atoms with E-state index in [1.165, 1.54) is 48.3 Å². The average Bonchev–Trinajstić information content (AvgIpc) is 3.59. The van der Waals surface area contributed by atoms with E-state index in [1.807, 2.05) is 0 Å². The minimum absolute atomic E-state index is 0.668. The Kier molecular flexibility index (Phi) is 8.61. The van der Waals surface area contributed by atoms with Crippen LogP contribution < -0.4 is 26.7 Å². The maximum Gasteiger partial charge on any atom is 0.176 e. The molecule has 3 heterocycles. The van der Waals surface area contributed by atoms with Crippen molar-refractivity contribution < 1.29 is 0 Å². The predicted molar refractivity (Wildman–Crippen MR) is 194 cm³/mol. The summed E-state index contributed by atoms with van der Waals surface area (Å²) in [5, 5.41) is 10.6. The lowest BCUT2D eigenvalue weighted by Gasteiger charge is -2.32. The second-order valence-electron chi connectivity index (χ2n) is 14.1. The summed E-state index contributed by atoms with van der Waals surface area (Å²) in [5.41, 5.74) is 8.01. The third-order valence-electron chi connectivity index (χ3n) is 10.7. The molecular formula is C39H48BN5. The average molecular weight is 598 g/mol. The molecule has 0 spiro atoms. The Labute approximate surface area is 269 Å². The molecule has 0 amide bonds. The molecule has 1 saturated carbocycles. The molecule has 0 bridgehead atoms. The Morgan fingerprint density at radius 1 is 0.911 bits per heavy atom. The smallest absolute Gasteiger partial charge is 0.176 e. The molecule has 3 aliphatic rings. The van der Waals surface area contributed by atoms with Crippen molar-refractivity contribution in [3.63, 3.8) is 0 Å². The van der Waals surface area contributed by atoms with E-state index < -0.39 is 0 Å². The summed E-state index contributed by atoms with van der Waals surface area (Å²) in [6.45, 7) is 17.2. The zero-order valence-electron chi connectivity index (χ0n) is 27.1. The van der Waals surface area contributed by atoms with Crippen molar-refractivity contribution in [3.05, 3.63) is 101 Å². The number of piperazine rings is 1. The van der Waals surface area contributed by atoms with E-state index in [2.05, 4.69) is 125 Å². The summed E-state index contributed by atoms with van der Waals surface area (Å²) in [6.07, 6.45) is 6.92. The van der Waals surface area contributed by atoms with E-state index in [0.717, 1.165) is 89.4 Å². The fraction of sp³-hybridized carbons (Fsp3) is 0.385. The number of rotatable bonds is 8. The SMILES string of the molecule is C=C(CN1CCN(C)CC1)Nc1ccc(N/C(c2ccccc2)=c2\c(=C)[nH]c3cc(B4CCC5CC(C)CC5C4)ccc23)cc1. The maximum absolute atomic E-state index is 4.50. The van der Waals surface area contributed by atoms with Gasteiger partial charge in [0.15, 0.2) is 6.71 Å². The second-order valence-corrected chi connectivity index (χ2v) is 14.1. The van der Waals surface area contributed by atoms with Crippen molar-refractivity contribution >= 4 is 46.7 Å². The van der Waals surface area contributed by atoms with Crippen LogP contribution in [-0.4, -0.2) is 61.3 Å². The van der Waals surface area contributed by atoms with Crippen LogP contribution in [-0.2, 0) is 0 Å². The molecule has 1 aliphatic carbocycles. The van der Waals surface area contributed by atoms with E-state index in [4.69, 9.17) is 0 Å². The third-order valence-corrected chi connectivity index (χ3v) is 10.7. The topological polar surface area (TPSA) is 46.3 Å². The number of hydrogen-bond donors (Lipinski definition) is 3. The summed E-state index contributed by atoms with van der Waals surface area (Å²) < 4.78 is 0. The first-order valence-electron chi connectivity index (χ1n) is 17.0. The molecule has 2 aliphatic heterocycles. The molecule has 45 heavy (non-hydrogen) atoms. The highest BCUT2D eigenvalue weighted by Gasteiger charge is 2.38. The maximum atomic E-state index is 4.50. The monoisotopic (exact) mass is 597 g/mol. The zero-order chi connectivity index (χ0) is 30.9. The van der Waals surface area contributed by atoms with Crippen molar-refractivity contribution in [1.82, 2.24) is 14.8 Å². The summed E-state index contributed by atoms with van der Waals surface area (Å²) in [6, 6.07) is 26.3. The van der Waals surface area contributed by atoms with Gasteiger partial charge in [-0.3, -0.25) is 4.90 Å². The van der Waals surface area contributed by atoms with Gasteiger partial charge >= 0.3 is 0 Å². The molecule has 232 valence electrons. The highest BCUT2D eigenvalue weighted by molar-refractivity contribution is 6.73. The van der Waals surface area contributed by atoms with Gasteiger partial charge in [0, 0.05) is 71.3 Å². The molecule has 6 heteroatoms. The van der Waals surface area contributed by atoms with Crippen molar-refractivity contribution in [1.29, 1.82) is 0 Å². The Morgan fingerprint density at radius 3 is 2.38 bits per heavy atom. The standard InChI is InChI=1S/C39H48BN5/c1-27-22-31-16-17-40(25-32(31)23-27)33-10-15-36-37(24-33)42-29(3)38(36)39(30-8-6-5-7-9-30)43-35-13-11-34(12-14-35)41-28(2)26-45-20-18-44(4)19-21-45/h5-15,24,27,31-32,41-43H,2-3,16-23,25-26H2,1,4H3/b39-38+. The van der Waals surface area contributed by atoms with E-state index in [1.54, 1.807) is 0 Å². The van der Waals surface area contributed by atoms with Gasteiger partial charge < -0.3 is 20.5 Å². The molecule has 3 atom stereocenters. The fourth-order valence-electron chi connectivity index (χ4n) is 8.35. The van der Waals surface area contributed by atoms with Gasteiger partial charge in [0.25, 0.3) is 0 Å². The summed E-state index contributed by atoms with van der Waals surface area (Å²) in [7, 11) is 2.19. The van der Waals surface area contributed by atoms with Crippen LogP contribution in [0.2, 0.25) is 12.6 Å². The van der Waals surface area contributed by atoms with Gasteiger partial charge in [-0.05, 0) is 73.5 Å². The van der Waals surface area contributed by atoms with Gasteiger partial charge in [0.2, 0.25) is 0 Å². The van der Waals surface area contributed by atoms with E-state index >= 15 is 0 Å². The Morgan fingerprint density at radius 2 is 1.62 bits per heavy atom. The van der Waals surface area contributed by atoms with Gasteiger partial charge in [-0.1, -0.05) is 87.1 Å². The molecule has 1 aromatic heterocycles. The number of anilines is 2. The van der Waals surface area contributed by atoms with E-state index in [0.29, 0.717) is 6.71 Å². The molecule has 0 radical (unpaired) electrons. The number of H-pyrrole nitrogens is 1. The van der Waals surface area contributed by atoms with Crippen LogP contribution in [0.3, 0.4) is 0 Å². The molecular weight excluding hydrogens is 549 g/mol. The fourth-order valence-corrected chi connectivity index (χ4v) is 8.35. The quantitative estimate of drug-likeness (QED) is 0.225. The van der Waals surface area contributed by atoms with Crippen molar-refractivity contribution in [3.8, 4) is 0 Å². The molecule has 3 aromatic carbocycles. The van der Waals surface area contributed by atoms with Gasteiger partial charge in [-0.15, -0.1) is 0 Å². The number of aromatic nitrogens is 1. The van der Waals surface area contributed by atoms with Crippen LogP contribution >= 0.6 is 0 Å². The van der Waals surface area contributed by atoms with E-state index in [9.17, 15) is 0 Å². The van der Waals surface area contributed by atoms with Crippen LogP contribution in [0.15, 0.2) is 85.1 Å². The van der Waals surface area contributed by atoms with Gasteiger partial charge in [0.1, 0.15) is 0 Å². The second kappa shape index (κ2) is 12.9. The van der Waals surface area contributed by atoms with Crippen molar-refractivity contribution in [2.75, 3.05) is 50.4 Å². The minimum Gasteiger partial charge on any atom is -0.358 e. The summed E-state index contributed by atoms with van der Waals surface area (Å²) in [4.78, 5) is 8.51. The predicted octanol–water partition coefficient (Wildman–Crippen LogP) is 5.79. The molecule has 5 nitrogen and oxygen atoms in total. The number of benzene rings is 3. The first-order chi connectivity index (χ1) is 21.9. The molecule has 3 N–H and O–H groups in total. The Bertz CT molecular complexity index is 1750. The van der Waals surface area contributed by atoms with Gasteiger partial charge in [-0.2, -0.15) is 0 Å². The molecule has 4 aromatic rings. The lowest BCUT2D eigenvalue weighted by atomic mass is 9.35. The first-order valence-corrected chi connectivity index (χ1v) is 17.0. The zero-order valence-corrected chi connectivity index (χ0v) is 27.1. The van der Waals surface area contributed by atoms with E-state index in [-0.39, 0.29) is 0 Å². The lowest BCUT2D eigenvalue weighted by Crippen LogP contribution is -2.45. The highest BCUT2D eigenvalue weighted by atomic mass is 15.2. The molecule has 3 unspecified atom stereocenters. The Hall–Kier alpha value is -3.74. The number of fused-ring (bicyclic) bond motifs is 2. The Balaban J connectivity index is 1.14. The normalized spacial score (nSPS) is 23.2. The van der Waals surface area contributed by atoms with Crippen LogP contribution in [0.1, 0.15) is 31.7 Å². The third kappa shape index (κ3) is 6.63. The van der Waals surface area contributed by atoms with Gasteiger partial charge in [0.05, 0.1) is 5.70 Å². The number of hydrogen-bond acceptors (Lipinski definition) is 4. The number of aromatic amines is 1. The highest BCUT2D eigenvalue weighted by Crippen LogP contribution is 2.45. The van der Waals surface area contributed by atoms with Crippen LogP contribution in [0.4, 0.5) is 11.4 Å². The van der Waals surface area contributed by atoms with Crippen molar-refractivity contribution in [2.24, 2.45) is 17.8 Å². The minimum atomic E-state index is 0.668. The van der Waals surface area contributed by atoms with Crippen LogP contribution in [0, 0.1) is 17.8 Å². The largest absolute Gasteiger partial charge is 0.358 e. The van der Waals surface area contributed by atoms with Gasteiger partial charge in [-0.25, -0.2) is 0 Å². The number of nitrogens with zero attached hydrogens (tertiary/aromatic N) is 2. The number of nitrogens with one attached hydrogen (secondary N) is 3. The summed E-state index contributed by atoms with van der Waals surface area (Å²) in [5.74, 6) is 2.78. The molecule has 2 saturated heterocycles. The lowest BCUT2D eigenvalue weighted by molar-refractivity contribution is 0.164. The first kappa shape index (κ1) is 29.9. The summed E-state index contributed by atoms with van der Waals surface area (Å²) >= 11 is 0. The molecule has 7 rings (SSSR count). The van der Waals surface area contributed by atoms with Crippen molar-refractivity contribution in [2.45, 2.75) is 38.8 Å². The van der Waals surface area contributed by atoms with Crippen LogP contribution in [0.25, 0.3) is 23.2 Å².